The Morgan fingerprint density at radius 2 is 1.72 bits per heavy atom. The van der Waals surface area contributed by atoms with Gasteiger partial charge in [0, 0.05) is 16.2 Å². The minimum Gasteiger partial charge on any atom is -0.496 e. The Morgan fingerprint density at radius 3 is 2.11 bits per heavy atom. The third-order valence-electron chi connectivity index (χ3n) is 2.25. The highest BCUT2D eigenvalue weighted by Gasteiger charge is 2.40. The van der Waals surface area contributed by atoms with Gasteiger partial charge in [-0.2, -0.15) is 13.2 Å². The summed E-state index contributed by atoms with van der Waals surface area (Å²) in [6.45, 7) is 1.07. The van der Waals surface area contributed by atoms with E-state index in [0.29, 0.717) is 10.6 Å². The minimum atomic E-state index is -4.92. The van der Waals surface area contributed by atoms with Crippen molar-refractivity contribution in [3.8, 4) is 0 Å². The number of halogens is 4. The summed E-state index contributed by atoms with van der Waals surface area (Å²) >= 11 is 5.67. The molecule has 6 heteroatoms. The summed E-state index contributed by atoms with van der Waals surface area (Å²) in [6, 6.07) is 5.96. The van der Waals surface area contributed by atoms with Crippen LogP contribution in [0.15, 0.2) is 29.8 Å². The van der Waals surface area contributed by atoms with Gasteiger partial charge in [0.05, 0.1) is 7.11 Å². The molecule has 0 amide bonds. The van der Waals surface area contributed by atoms with Crippen LogP contribution in [0, 0.1) is 0 Å². The molecule has 0 atom stereocenters. The summed E-state index contributed by atoms with van der Waals surface area (Å²) in [5.41, 5.74) is -0.135. The maximum absolute atomic E-state index is 12.3. The van der Waals surface area contributed by atoms with Crippen molar-refractivity contribution in [2.75, 3.05) is 7.11 Å². The first-order valence-corrected chi connectivity index (χ1v) is 5.27. The molecule has 2 nitrogen and oxygen atoms in total. The molecule has 0 aliphatic rings. The summed E-state index contributed by atoms with van der Waals surface area (Å²) in [6.07, 6.45) is -4.92. The SMILES string of the molecule is CO/C(=C(/C)C(=O)C(F)(F)F)c1ccc(Cl)cc1. The average molecular weight is 279 g/mol. The number of ether oxygens (including phenoxy) is 1. The first-order valence-electron chi connectivity index (χ1n) is 4.89. The maximum atomic E-state index is 12.3. The molecule has 0 unspecified atom stereocenters. The number of hydrogen-bond acceptors (Lipinski definition) is 2. The topological polar surface area (TPSA) is 26.3 Å². The van der Waals surface area contributed by atoms with E-state index in [9.17, 15) is 18.0 Å². The van der Waals surface area contributed by atoms with Gasteiger partial charge in [-0.3, -0.25) is 4.79 Å². The molecule has 0 fully saturated rings. The first-order chi connectivity index (χ1) is 8.27. The van der Waals surface area contributed by atoms with E-state index in [4.69, 9.17) is 16.3 Å². The average Bonchev–Trinajstić information content (AvgIpc) is 2.30. The molecule has 1 aromatic carbocycles. The lowest BCUT2D eigenvalue weighted by Crippen LogP contribution is -2.24. The second-order valence-electron chi connectivity index (χ2n) is 3.49. The van der Waals surface area contributed by atoms with Gasteiger partial charge in [0.1, 0.15) is 5.76 Å². The quantitative estimate of drug-likeness (QED) is 0.620. The van der Waals surface area contributed by atoms with Crippen molar-refractivity contribution >= 4 is 23.1 Å². The monoisotopic (exact) mass is 278 g/mol. The van der Waals surface area contributed by atoms with Crippen LogP contribution in [0.3, 0.4) is 0 Å². The number of Topliss-reactive ketones (excluding diaryl/α,β-unsaturated/α-hetero) is 1. The number of allylic oxidation sites excluding steroid dienone is 1. The third-order valence-corrected chi connectivity index (χ3v) is 2.50. The maximum Gasteiger partial charge on any atom is 0.454 e. The minimum absolute atomic E-state index is 0.117. The van der Waals surface area contributed by atoms with E-state index in [-0.39, 0.29) is 5.76 Å². The number of alkyl halides is 3. The van der Waals surface area contributed by atoms with E-state index in [2.05, 4.69) is 0 Å². The van der Waals surface area contributed by atoms with Gasteiger partial charge in [0.25, 0.3) is 5.78 Å². The third kappa shape index (κ3) is 3.26. The number of rotatable bonds is 3. The Balaban J connectivity index is 3.23. The number of carbonyl (C=O) groups is 1. The largest absolute Gasteiger partial charge is 0.496 e. The Labute approximate surface area is 107 Å². The molecule has 0 heterocycles. The standard InChI is InChI=1S/C12H10ClF3O2/c1-7(11(17)12(14,15)16)10(18-2)8-3-5-9(13)6-4-8/h3-6H,1-2H3/b10-7-. The smallest absolute Gasteiger partial charge is 0.454 e. The van der Waals surface area contributed by atoms with Crippen LogP contribution in [-0.2, 0) is 9.53 Å². The van der Waals surface area contributed by atoms with Gasteiger partial charge >= 0.3 is 6.18 Å². The Morgan fingerprint density at radius 1 is 1.22 bits per heavy atom. The fourth-order valence-electron chi connectivity index (χ4n) is 1.40. The van der Waals surface area contributed by atoms with Gasteiger partial charge in [0.2, 0.25) is 0 Å². The van der Waals surface area contributed by atoms with Crippen LogP contribution < -0.4 is 0 Å². The highest BCUT2D eigenvalue weighted by molar-refractivity contribution is 6.30. The summed E-state index contributed by atoms with van der Waals surface area (Å²) in [7, 11) is 1.21. The van der Waals surface area contributed by atoms with Crippen LogP contribution in [0.25, 0.3) is 5.76 Å². The molecule has 0 aliphatic heterocycles. The van der Waals surface area contributed by atoms with Crippen LogP contribution in [0.2, 0.25) is 5.02 Å². The molecule has 18 heavy (non-hydrogen) atoms. The van der Waals surface area contributed by atoms with E-state index in [1.807, 2.05) is 0 Å². The normalized spacial score (nSPS) is 13.0. The number of hydrogen-bond donors (Lipinski definition) is 0. The molecular weight excluding hydrogens is 269 g/mol. The second-order valence-corrected chi connectivity index (χ2v) is 3.93. The Hall–Kier alpha value is -1.49. The van der Waals surface area contributed by atoms with E-state index < -0.39 is 17.5 Å². The van der Waals surface area contributed by atoms with Gasteiger partial charge in [-0.05, 0) is 31.2 Å². The van der Waals surface area contributed by atoms with E-state index in [0.717, 1.165) is 6.92 Å². The van der Waals surface area contributed by atoms with Gasteiger partial charge in [-0.15, -0.1) is 0 Å². The molecule has 1 aromatic rings. The summed E-state index contributed by atoms with van der Waals surface area (Å²) < 4.78 is 41.8. The van der Waals surface area contributed by atoms with Gasteiger partial charge in [0.15, 0.2) is 0 Å². The van der Waals surface area contributed by atoms with E-state index in [1.54, 1.807) is 0 Å². The molecule has 0 saturated heterocycles. The highest BCUT2D eigenvalue weighted by atomic mass is 35.5. The van der Waals surface area contributed by atoms with Crippen molar-refractivity contribution in [3.05, 3.63) is 40.4 Å². The van der Waals surface area contributed by atoms with Crippen molar-refractivity contribution in [2.24, 2.45) is 0 Å². The number of methoxy groups -OCH3 is 1. The predicted octanol–water partition coefficient (Wildman–Crippen LogP) is 3.85. The lowest BCUT2D eigenvalue weighted by molar-refractivity contribution is -0.166. The van der Waals surface area contributed by atoms with Crippen LogP contribution in [0.1, 0.15) is 12.5 Å². The lowest BCUT2D eigenvalue weighted by atomic mass is 10.1. The molecule has 0 aliphatic carbocycles. The highest BCUT2D eigenvalue weighted by Crippen LogP contribution is 2.27. The van der Waals surface area contributed by atoms with Crippen molar-refractivity contribution < 1.29 is 22.7 Å². The molecule has 0 spiro atoms. The fourth-order valence-corrected chi connectivity index (χ4v) is 1.53. The number of carbonyl (C=O) groups excluding carboxylic acids is 1. The van der Waals surface area contributed by atoms with Crippen molar-refractivity contribution in [2.45, 2.75) is 13.1 Å². The number of benzene rings is 1. The van der Waals surface area contributed by atoms with Crippen LogP contribution in [0.5, 0.6) is 0 Å². The van der Waals surface area contributed by atoms with Crippen molar-refractivity contribution in [1.29, 1.82) is 0 Å². The zero-order valence-electron chi connectivity index (χ0n) is 9.64. The van der Waals surface area contributed by atoms with Gasteiger partial charge in [-0.25, -0.2) is 0 Å². The molecule has 0 saturated carbocycles. The zero-order valence-corrected chi connectivity index (χ0v) is 10.4. The van der Waals surface area contributed by atoms with Gasteiger partial charge < -0.3 is 4.74 Å². The second kappa shape index (κ2) is 5.44. The van der Waals surface area contributed by atoms with Crippen LogP contribution in [-0.4, -0.2) is 19.1 Å². The predicted molar refractivity (Wildman–Crippen MR) is 62.1 cm³/mol. The van der Waals surface area contributed by atoms with E-state index in [1.165, 1.54) is 31.4 Å². The molecule has 1 rings (SSSR count). The first kappa shape index (κ1) is 14.6. The zero-order chi connectivity index (χ0) is 13.9. The molecule has 0 aromatic heterocycles. The molecular formula is C12H10ClF3O2. The van der Waals surface area contributed by atoms with Crippen molar-refractivity contribution in [1.82, 2.24) is 0 Å². The Kier molecular flexibility index (Phi) is 4.40. The lowest BCUT2D eigenvalue weighted by Gasteiger charge is -2.12. The molecule has 98 valence electrons. The molecule has 0 radical (unpaired) electrons. The van der Waals surface area contributed by atoms with E-state index >= 15 is 0 Å². The van der Waals surface area contributed by atoms with Crippen LogP contribution >= 0.6 is 11.6 Å². The van der Waals surface area contributed by atoms with Crippen molar-refractivity contribution in [3.63, 3.8) is 0 Å². The fraction of sp³-hybridized carbons (Fsp3) is 0.250. The summed E-state index contributed by atoms with van der Waals surface area (Å²) in [5, 5.41) is 0.439. The summed E-state index contributed by atoms with van der Waals surface area (Å²) in [4.78, 5) is 11.1. The summed E-state index contributed by atoms with van der Waals surface area (Å²) in [5.74, 6) is -2.04. The van der Waals surface area contributed by atoms with Gasteiger partial charge in [-0.1, -0.05) is 11.6 Å². The molecule has 0 N–H and O–H groups in total. The molecule has 0 bridgehead atoms. The van der Waals surface area contributed by atoms with Crippen LogP contribution in [0.4, 0.5) is 13.2 Å². The number of ketones is 1. The Bertz CT molecular complexity index is 475.